The van der Waals surface area contributed by atoms with Crippen molar-refractivity contribution in [2.75, 3.05) is 0 Å². The number of hydrogen-bond acceptors (Lipinski definition) is 0. The van der Waals surface area contributed by atoms with Crippen molar-refractivity contribution < 1.29 is 0 Å². The Balaban J connectivity index is 1.63. The SMILES string of the molecule is CCCCCCCC12C=CC(CC1)C2. The van der Waals surface area contributed by atoms with Crippen molar-refractivity contribution >= 4 is 0 Å². The first-order valence-electron chi connectivity index (χ1n) is 6.54. The van der Waals surface area contributed by atoms with E-state index < -0.39 is 0 Å². The van der Waals surface area contributed by atoms with Crippen molar-refractivity contribution in [3.05, 3.63) is 12.2 Å². The topological polar surface area (TPSA) is 0 Å². The minimum absolute atomic E-state index is 0.677. The van der Waals surface area contributed by atoms with Crippen LogP contribution in [-0.4, -0.2) is 0 Å². The molecule has 0 aromatic rings. The Morgan fingerprint density at radius 3 is 2.64 bits per heavy atom. The van der Waals surface area contributed by atoms with Gasteiger partial charge in [-0.15, -0.1) is 0 Å². The lowest BCUT2D eigenvalue weighted by Gasteiger charge is -2.23. The second-order valence-electron chi connectivity index (χ2n) is 5.39. The average molecular weight is 192 g/mol. The lowest BCUT2D eigenvalue weighted by molar-refractivity contribution is 0.351. The molecule has 0 spiro atoms. The van der Waals surface area contributed by atoms with Crippen LogP contribution in [-0.2, 0) is 0 Å². The molecule has 0 heteroatoms. The summed E-state index contributed by atoms with van der Waals surface area (Å²) < 4.78 is 0. The van der Waals surface area contributed by atoms with Crippen LogP contribution >= 0.6 is 0 Å². The molecule has 0 saturated heterocycles. The maximum absolute atomic E-state index is 2.54. The van der Waals surface area contributed by atoms with Gasteiger partial charge in [-0.25, -0.2) is 0 Å². The average Bonchev–Trinajstić information content (AvgIpc) is 2.77. The van der Waals surface area contributed by atoms with Gasteiger partial charge in [-0.05, 0) is 37.0 Å². The van der Waals surface area contributed by atoms with Gasteiger partial charge in [0, 0.05) is 0 Å². The Bertz CT molecular complexity index is 204. The molecule has 2 unspecified atom stereocenters. The zero-order chi connectivity index (χ0) is 9.86. The summed E-state index contributed by atoms with van der Waals surface area (Å²) in [5.74, 6) is 0.964. The summed E-state index contributed by atoms with van der Waals surface area (Å²) in [7, 11) is 0. The molecule has 0 N–H and O–H groups in total. The molecule has 0 radical (unpaired) electrons. The van der Waals surface area contributed by atoms with Crippen LogP contribution in [0.4, 0.5) is 0 Å². The van der Waals surface area contributed by atoms with Gasteiger partial charge in [-0.1, -0.05) is 51.2 Å². The maximum atomic E-state index is 2.54. The number of rotatable bonds is 6. The summed E-state index contributed by atoms with van der Waals surface area (Å²) in [6, 6.07) is 0. The summed E-state index contributed by atoms with van der Waals surface area (Å²) in [5, 5.41) is 0. The minimum atomic E-state index is 0.677. The van der Waals surface area contributed by atoms with Gasteiger partial charge in [0.1, 0.15) is 0 Å². The summed E-state index contributed by atoms with van der Waals surface area (Å²) >= 11 is 0. The number of unbranched alkanes of at least 4 members (excludes halogenated alkanes) is 4. The highest BCUT2D eigenvalue weighted by molar-refractivity contribution is 5.15. The molecule has 2 rings (SSSR count). The van der Waals surface area contributed by atoms with E-state index in [-0.39, 0.29) is 0 Å². The van der Waals surface area contributed by atoms with Gasteiger partial charge < -0.3 is 0 Å². The van der Waals surface area contributed by atoms with Crippen LogP contribution in [0.1, 0.15) is 64.7 Å². The highest BCUT2D eigenvalue weighted by Gasteiger charge is 2.39. The van der Waals surface area contributed by atoms with Crippen LogP contribution in [0.5, 0.6) is 0 Å². The second-order valence-corrected chi connectivity index (χ2v) is 5.39. The van der Waals surface area contributed by atoms with Gasteiger partial charge in [-0.3, -0.25) is 0 Å². The Morgan fingerprint density at radius 2 is 2.07 bits per heavy atom. The largest absolute Gasteiger partial charge is 0.0848 e. The third-order valence-electron chi connectivity index (χ3n) is 4.18. The molecule has 80 valence electrons. The minimum Gasteiger partial charge on any atom is -0.0848 e. The maximum Gasteiger partial charge on any atom is -0.0112 e. The Labute approximate surface area is 88.8 Å². The molecule has 2 aliphatic rings. The van der Waals surface area contributed by atoms with Crippen molar-refractivity contribution in [3.63, 3.8) is 0 Å². The molecule has 0 amide bonds. The second kappa shape index (κ2) is 4.51. The van der Waals surface area contributed by atoms with Gasteiger partial charge >= 0.3 is 0 Å². The quantitative estimate of drug-likeness (QED) is 0.422. The van der Waals surface area contributed by atoms with E-state index in [1.54, 1.807) is 0 Å². The standard InChI is InChI=1S/C14H24/c1-2-3-4-5-6-9-14-10-7-13(12-14)8-11-14/h7,10,13H,2-6,8-9,11-12H2,1H3. The molecular formula is C14H24. The number of allylic oxidation sites excluding steroid dienone is 2. The van der Waals surface area contributed by atoms with Gasteiger partial charge in [0.15, 0.2) is 0 Å². The molecule has 2 atom stereocenters. The highest BCUT2D eigenvalue weighted by Crippen LogP contribution is 2.51. The Morgan fingerprint density at radius 1 is 1.21 bits per heavy atom. The zero-order valence-corrected chi connectivity index (χ0v) is 9.60. The summed E-state index contributed by atoms with van der Waals surface area (Å²) in [4.78, 5) is 0. The monoisotopic (exact) mass is 192 g/mol. The third kappa shape index (κ3) is 2.21. The van der Waals surface area contributed by atoms with E-state index in [2.05, 4.69) is 19.1 Å². The van der Waals surface area contributed by atoms with Gasteiger partial charge in [-0.2, -0.15) is 0 Å². The highest BCUT2D eigenvalue weighted by atomic mass is 14.4. The van der Waals surface area contributed by atoms with Crippen LogP contribution in [0.2, 0.25) is 0 Å². The Hall–Kier alpha value is -0.260. The van der Waals surface area contributed by atoms with Crippen molar-refractivity contribution in [1.82, 2.24) is 0 Å². The van der Waals surface area contributed by atoms with Crippen molar-refractivity contribution in [3.8, 4) is 0 Å². The van der Waals surface area contributed by atoms with Crippen LogP contribution in [0.3, 0.4) is 0 Å². The molecule has 1 saturated carbocycles. The van der Waals surface area contributed by atoms with Gasteiger partial charge in [0.2, 0.25) is 0 Å². The van der Waals surface area contributed by atoms with Crippen molar-refractivity contribution in [2.45, 2.75) is 64.7 Å². The van der Waals surface area contributed by atoms with E-state index in [4.69, 9.17) is 0 Å². The van der Waals surface area contributed by atoms with Crippen molar-refractivity contribution in [1.29, 1.82) is 0 Å². The van der Waals surface area contributed by atoms with E-state index in [1.165, 1.54) is 57.8 Å². The zero-order valence-electron chi connectivity index (χ0n) is 9.60. The number of fused-ring (bicyclic) bond motifs is 2. The van der Waals surface area contributed by atoms with Crippen LogP contribution in [0, 0.1) is 11.3 Å². The van der Waals surface area contributed by atoms with Crippen LogP contribution < -0.4 is 0 Å². The molecule has 0 aromatic carbocycles. The third-order valence-corrected chi connectivity index (χ3v) is 4.18. The normalized spacial score (nSPS) is 34.2. The molecule has 0 nitrogen and oxygen atoms in total. The first-order chi connectivity index (χ1) is 6.85. The van der Waals surface area contributed by atoms with Crippen molar-refractivity contribution in [2.24, 2.45) is 11.3 Å². The summed E-state index contributed by atoms with van der Waals surface area (Å²) in [5.41, 5.74) is 0.677. The smallest absolute Gasteiger partial charge is 0.0112 e. The summed E-state index contributed by atoms with van der Waals surface area (Å²) in [6.45, 7) is 2.29. The summed E-state index contributed by atoms with van der Waals surface area (Å²) in [6.07, 6.45) is 18.2. The Kier molecular flexibility index (Phi) is 3.30. The van der Waals surface area contributed by atoms with E-state index in [0.717, 1.165) is 5.92 Å². The number of hydrogen-bond donors (Lipinski definition) is 0. The molecule has 0 aliphatic heterocycles. The molecule has 2 bridgehead atoms. The molecule has 1 fully saturated rings. The predicted octanol–water partition coefficient (Wildman–Crippen LogP) is 4.70. The van der Waals surface area contributed by atoms with E-state index in [1.807, 2.05) is 0 Å². The van der Waals surface area contributed by atoms with E-state index in [9.17, 15) is 0 Å². The molecule has 0 heterocycles. The lowest BCUT2D eigenvalue weighted by Crippen LogP contribution is -2.10. The molecule has 0 aromatic heterocycles. The molecule has 2 aliphatic carbocycles. The van der Waals surface area contributed by atoms with Gasteiger partial charge in [0.25, 0.3) is 0 Å². The fourth-order valence-electron chi connectivity index (χ4n) is 3.25. The van der Waals surface area contributed by atoms with E-state index in [0.29, 0.717) is 5.41 Å². The first-order valence-corrected chi connectivity index (χ1v) is 6.54. The lowest BCUT2D eigenvalue weighted by atomic mass is 9.82. The van der Waals surface area contributed by atoms with Gasteiger partial charge in [0.05, 0.1) is 0 Å². The van der Waals surface area contributed by atoms with Crippen LogP contribution in [0.15, 0.2) is 12.2 Å². The first kappa shape index (κ1) is 10.3. The van der Waals surface area contributed by atoms with E-state index >= 15 is 0 Å². The fourth-order valence-corrected chi connectivity index (χ4v) is 3.25. The predicted molar refractivity (Wildman–Crippen MR) is 62.3 cm³/mol. The molecular weight excluding hydrogens is 168 g/mol. The molecule has 14 heavy (non-hydrogen) atoms. The fraction of sp³-hybridized carbons (Fsp3) is 0.857. The van der Waals surface area contributed by atoms with Crippen LogP contribution in [0.25, 0.3) is 0 Å².